The maximum absolute atomic E-state index is 13.2. The summed E-state index contributed by atoms with van der Waals surface area (Å²) < 4.78 is 191. The summed E-state index contributed by atoms with van der Waals surface area (Å²) >= 11 is 0. The molecule has 0 aromatic rings. The molecular formula is C10H3F15O3. The second-order valence-corrected chi connectivity index (χ2v) is 4.81. The third kappa shape index (κ3) is 3.29. The van der Waals surface area contributed by atoms with Crippen LogP contribution in [0.5, 0.6) is 0 Å². The summed E-state index contributed by atoms with van der Waals surface area (Å²) in [5.41, 5.74) is 0. The summed E-state index contributed by atoms with van der Waals surface area (Å²) in [5, 5.41) is 16.3. The first-order valence-electron chi connectivity index (χ1n) is 5.81. The Hall–Kier alpha value is -2.04. The Morgan fingerprint density at radius 3 is 1.11 bits per heavy atom. The van der Waals surface area contributed by atoms with Crippen LogP contribution in [0.3, 0.4) is 0 Å². The number of allylic oxidation sites excluding steroid dienone is 1. The summed E-state index contributed by atoms with van der Waals surface area (Å²) in [5.74, 6) is -55.0. The molecule has 0 amide bonds. The highest BCUT2D eigenvalue weighted by Gasteiger charge is 2.93. The Morgan fingerprint density at radius 2 is 0.821 bits per heavy atom. The van der Waals surface area contributed by atoms with Crippen molar-refractivity contribution in [3.8, 4) is 0 Å². The van der Waals surface area contributed by atoms with Crippen LogP contribution >= 0.6 is 0 Å². The van der Waals surface area contributed by atoms with Gasteiger partial charge >= 0.3 is 47.7 Å². The zero-order valence-electron chi connectivity index (χ0n) is 12.0. The molecule has 166 valence electrons. The van der Waals surface area contributed by atoms with E-state index in [1.807, 2.05) is 0 Å². The second kappa shape index (κ2) is 6.50. The molecule has 0 aromatic carbocycles. The Bertz CT molecular complexity index is 645. The lowest BCUT2D eigenvalue weighted by Gasteiger charge is -2.41. The van der Waals surface area contributed by atoms with Crippen molar-refractivity contribution in [2.24, 2.45) is 0 Å². The van der Waals surface area contributed by atoms with Crippen LogP contribution in [0.2, 0.25) is 0 Å². The predicted octanol–water partition coefficient (Wildman–Crippen LogP) is 4.89. The molecule has 3 nitrogen and oxygen atoms in total. The second-order valence-electron chi connectivity index (χ2n) is 4.81. The summed E-state index contributed by atoms with van der Waals surface area (Å²) in [7, 11) is 0. The van der Waals surface area contributed by atoms with Gasteiger partial charge in [0.05, 0.1) is 6.08 Å². The third-order valence-electron chi connectivity index (χ3n) is 2.91. The third-order valence-corrected chi connectivity index (χ3v) is 2.91. The lowest BCUT2D eigenvalue weighted by molar-refractivity contribution is -0.451. The Kier molecular flexibility index (Phi) is 6.02. The molecular weight excluding hydrogens is 453 g/mol. The van der Waals surface area contributed by atoms with E-state index in [0.29, 0.717) is 0 Å². The van der Waals surface area contributed by atoms with Gasteiger partial charge in [-0.3, -0.25) is 0 Å². The zero-order chi connectivity index (χ0) is 23.4. The zero-order valence-corrected chi connectivity index (χ0v) is 12.0. The van der Waals surface area contributed by atoms with E-state index in [2.05, 4.69) is 0 Å². The standard InChI is InChI=1S/C10H3F15O3/c11-4(12,2(26)1-3(27)28)5(13,14)6(15,16)7(17,18)8(19,20)9(21,22)10(23,24)25/h1,26H,(H,27,28)/b2-1-. The Labute approximate surface area is 142 Å². The highest BCUT2D eigenvalue weighted by Crippen LogP contribution is 2.62. The van der Waals surface area contributed by atoms with Gasteiger partial charge in [0, 0.05) is 0 Å². The number of hydrogen-bond acceptors (Lipinski definition) is 2. The first-order valence-corrected chi connectivity index (χ1v) is 5.81. The van der Waals surface area contributed by atoms with Gasteiger partial charge in [-0.25, -0.2) is 4.79 Å². The van der Waals surface area contributed by atoms with Gasteiger partial charge in [-0.15, -0.1) is 0 Å². The van der Waals surface area contributed by atoms with E-state index in [0.717, 1.165) is 0 Å². The van der Waals surface area contributed by atoms with E-state index in [1.165, 1.54) is 0 Å². The Morgan fingerprint density at radius 1 is 0.536 bits per heavy atom. The number of carboxylic acid groups (broad SMARTS) is 1. The van der Waals surface area contributed by atoms with E-state index in [-0.39, 0.29) is 0 Å². The molecule has 0 saturated carbocycles. The average molecular weight is 456 g/mol. The molecule has 28 heavy (non-hydrogen) atoms. The fourth-order valence-electron chi connectivity index (χ4n) is 1.34. The molecule has 0 heterocycles. The minimum Gasteiger partial charge on any atom is -0.506 e. The van der Waals surface area contributed by atoms with Gasteiger partial charge < -0.3 is 10.2 Å². The highest BCUT2D eigenvalue weighted by atomic mass is 19.4. The van der Waals surface area contributed by atoms with Crippen molar-refractivity contribution >= 4 is 5.97 Å². The van der Waals surface area contributed by atoms with E-state index in [4.69, 9.17) is 10.2 Å². The largest absolute Gasteiger partial charge is 0.506 e. The number of halogens is 15. The normalized spacial score (nSPS) is 16.3. The fraction of sp³-hybridized carbons (Fsp3) is 0.700. The van der Waals surface area contributed by atoms with Gasteiger partial charge in [-0.2, -0.15) is 65.9 Å². The van der Waals surface area contributed by atoms with Crippen molar-refractivity contribution in [2.75, 3.05) is 0 Å². The van der Waals surface area contributed by atoms with Crippen LogP contribution in [0.25, 0.3) is 0 Å². The highest BCUT2D eigenvalue weighted by molar-refractivity contribution is 5.80. The van der Waals surface area contributed by atoms with Crippen LogP contribution in [0, 0.1) is 0 Å². The summed E-state index contributed by atoms with van der Waals surface area (Å²) in [6.45, 7) is 0. The first-order chi connectivity index (χ1) is 11.8. The molecule has 0 rings (SSSR count). The van der Waals surface area contributed by atoms with Crippen LogP contribution < -0.4 is 0 Å². The topological polar surface area (TPSA) is 57.5 Å². The maximum atomic E-state index is 13.2. The molecule has 0 bridgehead atoms. The predicted molar refractivity (Wildman–Crippen MR) is 54.1 cm³/mol. The van der Waals surface area contributed by atoms with Crippen LogP contribution in [0.15, 0.2) is 11.8 Å². The molecule has 0 atom stereocenters. The fourth-order valence-corrected chi connectivity index (χ4v) is 1.34. The SMILES string of the molecule is O=C(O)/C=C(\O)C(F)(F)C(F)(F)C(F)(F)C(F)(F)C(F)(F)C(F)(F)C(F)(F)F. The minimum atomic E-state index is -8.50. The van der Waals surface area contributed by atoms with E-state index >= 15 is 0 Å². The van der Waals surface area contributed by atoms with Crippen LogP contribution in [0.1, 0.15) is 0 Å². The molecule has 0 radical (unpaired) electrons. The lowest BCUT2D eigenvalue weighted by atomic mass is 9.90. The molecule has 0 unspecified atom stereocenters. The van der Waals surface area contributed by atoms with E-state index in [9.17, 15) is 70.7 Å². The molecule has 0 aliphatic heterocycles. The number of alkyl halides is 15. The number of aliphatic carboxylic acids is 1. The number of aliphatic hydroxyl groups excluding tert-OH is 1. The molecule has 2 N–H and O–H groups in total. The smallest absolute Gasteiger partial charge is 0.460 e. The van der Waals surface area contributed by atoms with Crippen molar-refractivity contribution < 1.29 is 80.9 Å². The van der Waals surface area contributed by atoms with Crippen molar-refractivity contribution in [2.45, 2.75) is 41.7 Å². The van der Waals surface area contributed by atoms with Gasteiger partial charge in [0.25, 0.3) is 0 Å². The molecule has 0 fully saturated rings. The van der Waals surface area contributed by atoms with Crippen LogP contribution in [-0.2, 0) is 4.79 Å². The van der Waals surface area contributed by atoms with Crippen LogP contribution in [-0.4, -0.2) is 57.9 Å². The number of hydrogen-bond donors (Lipinski definition) is 2. The molecule has 0 aliphatic carbocycles. The van der Waals surface area contributed by atoms with Gasteiger partial charge in [0.15, 0.2) is 5.76 Å². The minimum absolute atomic E-state index is 1.38. The van der Waals surface area contributed by atoms with Crippen molar-refractivity contribution in [1.82, 2.24) is 0 Å². The number of rotatable bonds is 7. The molecule has 0 aromatic heterocycles. The molecule has 0 saturated heterocycles. The number of carboxylic acids is 1. The summed E-state index contributed by atoms with van der Waals surface area (Å²) in [4.78, 5) is 9.94. The van der Waals surface area contributed by atoms with Gasteiger partial charge in [0.1, 0.15) is 0 Å². The average Bonchev–Trinajstić information content (AvgIpc) is 2.43. The lowest BCUT2D eigenvalue weighted by Crippen LogP contribution is -2.72. The quantitative estimate of drug-likeness (QED) is 0.326. The molecule has 0 spiro atoms. The summed E-state index contributed by atoms with van der Waals surface area (Å²) in [6.07, 6.45) is -9.11. The van der Waals surface area contributed by atoms with Crippen molar-refractivity contribution in [3.63, 3.8) is 0 Å². The number of aliphatic hydroxyl groups is 1. The molecule has 18 heteroatoms. The molecule has 0 aliphatic rings. The van der Waals surface area contributed by atoms with Gasteiger partial charge in [-0.1, -0.05) is 0 Å². The Balaban J connectivity index is 6.67. The number of carbonyl (C=O) groups is 1. The van der Waals surface area contributed by atoms with E-state index < -0.39 is 59.5 Å². The van der Waals surface area contributed by atoms with Gasteiger partial charge in [-0.05, 0) is 0 Å². The van der Waals surface area contributed by atoms with Crippen LogP contribution in [0.4, 0.5) is 65.9 Å². The first kappa shape index (κ1) is 26.0. The maximum Gasteiger partial charge on any atom is 0.460 e. The monoisotopic (exact) mass is 456 g/mol. The summed E-state index contributed by atoms with van der Waals surface area (Å²) in [6, 6.07) is 0. The van der Waals surface area contributed by atoms with Crippen molar-refractivity contribution in [1.29, 1.82) is 0 Å². The van der Waals surface area contributed by atoms with Gasteiger partial charge in [0.2, 0.25) is 0 Å². The van der Waals surface area contributed by atoms with E-state index in [1.54, 1.807) is 0 Å². The van der Waals surface area contributed by atoms with Crippen molar-refractivity contribution in [3.05, 3.63) is 11.8 Å².